The van der Waals surface area contributed by atoms with Crippen LogP contribution in [0.1, 0.15) is 41.6 Å². The number of methoxy groups -OCH3 is 1. The van der Waals surface area contributed by atoms with Crippen molar-refractivity contribution < 1.29 is 14.1 Å². The largest absolute Gasteiger partial charge is 0.384 e. The molecule has 1 aliphatic rings. The van der Waals surface area contributed by atoms with Crippen molar-refractivity contribution in [3.8, 4) is 0 Å². The van der Waals surface area contributed by atoms with E-state index in [1.54, 1.807) is 14.0 Å². The summed E-state index contributed by atoms with van der Waals surface area (Å²) in [4.78, 5) is 12.4. The maximum absolute atomic E-state index is 12.4. The van der Waals surface area contributed by atoms with Crippen molar-refractivity contribution in [3.05, 3.63) is 17.0 Å². The second-order valence-corrected chi connectivity index (χ2v) is 5.78. The first-order valence-electron chi connectivity index (χ1n) is 7.55. The number of aromatic nitrogens is 1. The SMILES string of the molecule is CCc1noc(C)c1C(=O)NCC1(COC)CCNCC1. The van der Waals surface area contributed by atoms with E-state index in [0.717, 1.165) is 31.6 Å². The maximum Gasteiger partial charge on any atom is 0.256 e. The van der Waals surface area contributed by atoms with Crippen LogP contribution in [0.2, 0.25) is 0 Å². The number of aryl methyl sites for hydroxylation is 2. The number of rotatable bonds is 6. The minimum atomic E-state index is -0.0976. The van der Waals surface area contributed by atoms with Gasteiger partial charge >= 0.3 is 0 Å². The predicted octanol–water partition coefficient (Wildman–Crippen LogP) is 1.29. The van der Waals surface area contributed by atoms with Gasteiger partial charge < -0.3 is 19.9 Å². The molecule has 6 nitrogen and oxygen atoms in total. The van der Waals surface area contributed by atoms with Crippen LogP contribution in [0.15, 0.2) is 4.52 Å². The average Bonchev–Trinajstić information content (AvgIpc) is 2.87. The minimum Gasteiger partial charge on any atom is -0.384 e. The van der Waals surface area contributed by atoms with Crippen molar-refractivity contribution in [2.24, 2.45) is 5.41 Å². The highest BCUT2D eigenvalue weighted by Gasteiger charge is 2.33. The third kappa shape index (κ3) is 3.63. The van der Waals surface area contributed by atoms with Crippen molar-refractivity contribution in [2.75, 3.05) is 33.4 Å². The lowest BCUT2D eigenvalue weighted by atomic mass is 9.79. The summed E-state index contributed by atoms with van der Waals surface area (Å²) in [6.45, 7) is 6.95. The minimum absolute atomic E-state index is 0.0209. The summed E-state index contributed by atoms with van der Waals surface area (Å²) in [6.07, 6.45) is 2.70. The fourth-order valence-corrected chi connectivity index (χ4v) is 2.94. The molecule has 1 aromatic heterocycles. The van der Waals surface area contributed by atoms with E-state index in [0.29, 0.717) is 30.9 Å². The number of carbonyl (C=O) groups excluding carboxylic acids is 1. The molecule has 1 amide bonds. The number of ether oxygens (including phenoxy) is 1. The Kier molecular flexibility index (Phi) is 5.36. The summed E-state index contributed by atoms with van der Waals surface area (Å²) in [5, 5.41) is 10.3. The summed E-state index contributed by atoms with van der Waals surface area (Å²) >= 11 is 0. The molecular formula is C15H25N3O3. The zero-order valence-corrected chi connectivity index (χ0v) is 13.1. The molecule has 2 rings (SSSR count). The average molecular weight is 295 g/mol. The van der Waals surface area contributed by atoms with E-state index in [2.05, 4.69) is 15.8 Å². The van der Waals surface area contributed by atoms with Gasteiger partial charge in [0.25, 0.3) is 5.91 Å². The zero-order valence-electron chi connectivity index (χ0n) is 13.1. The van der Waals surface area contributed by atoms with E-state index in [4.69, 9.17) is 9.26 Å². The van der Waals surface area contributed by atoms with Crippen LogP contribution in [0.4, 0.5) is 0 Å². The van der Waals surface area contributed by atoms with E-state index in [1.807, 2.05) is 6.92 Å². The van der Waals surface area contributed by atoms with Gasteiger partial charge in [0.2, 0.25) is 0 Å². The number of piperidine rings is 1. The monoisotopic (exact) mass is 295 g/mol. The number of hydrogen-bond donors (Lipinski definition) is 2. The van der Waals surface area contributed by atoms with Gasteiger partial charge in [0.05, 0.1) is 12.3 Å². The van der Waals surface area contributed by atoms with Crippen LogP contribution in [-0.4, -0.2) is 44.4 Å². The number of nitrogens with one attached hydrogen (secondary N) is 2. The van der Waals surface area contributed by atoms with E-state index in [-0.39, 0.29) is 11.3 Å². The summed E-state index contributed by atoms with van der Waals surface area (Å²) in [6, 6.07) is 0. The molecule has 0 bridgehead atoms. The summed E-state index contributed by atoms with van der Waals surface area (Å²) in [5.74, 6) is 0.482. The normalized spacial score (nSPS) is 17.7. The van der Waals surface area contributed by atoms with Crippen LogP contribution in [0.5, 0.6) is 0 Å². The van der Waals surface area contributed by atoms with Gasteiger partial charge in [-0.2, -0.15) is 0 Å². The molecule has 2 N–H and O–H groups in total. The Morgan fingerprint density at radius 2 is 2.19 bits per heavy atom. The van der Waals surface area contributed by atoms with Crippen molar-refractivity contribution >= 4 is 5.91 Å². The Hall–Kier alpha value is -1.40. The third-order valence-electron chi connectivity index (χ3n) is 4.23. The van der Waals surface area contributed by atoms with Crippen molar-refractivity contribution in [2.45, 2.75) is 33.1 Å². The first-order valence-corrected chi connectivity index (χ1v) is 7.55. The predicted molar refractivity (Wildman–Crippen MR) is 79.4 cm³/mol. The van der Waals surface area contributed by atoms with Gasteiger partial charge in [-0.3, -0.25) is 4.79 Å². The lowest BCUT2D eigenvalue weighted by Crippen LogP contribution is -2.47. The molecule has 1 fully saturated rings. The van der Waals surface area contributed by atoms with Crippen LogP contribution in [0.25, 0.3) is 0 Å². The highest BCUT2D eigenvalue weighted by molar-refractivity contribution is 5.96. The molecule has 2 heterocycles. The quantitative estimate of drug-likeness (QED) is 0.827. The molecule has 0 spiro atoms. The van der Waals surface area contributed by atoms with Gasteiger partial charge in [0, 0.05) is 19.1 Å². The number of nitrogens with zero attached hydrogens (tertiary/aromatic N) is 1. The molecule has 6 heteroatoms. The second-order valence-electron chi connectivity index (χ2n) is 5.78. The highest BCUT2D eigenvalue weighted by atomic mass is 16.5. The lowest BCUT2D eigenvalue weighted by Gasteiger charge is -2.37. The first-order chi connectivity index (χ1) is 10.1. The van der Waals surface area contributed by atoms with Crippen LogP contribution >= 0.6 is 0 Å². The Labute approximate surface area is 125 Å². The number of carbonyl (C=O) groups is 1. The Balaban J connectivity index is 2.03. The van der Waals surface area contributed by atoms with E-state index in [1.165, 1.54) is 0 Å². The van der Waals surface area contributed by atoms with E-state index < -0.39 is 0 Å². The van der Waals surface area contributed by atoms with Crippen molar-refractivity contribution in [3.63, 3.8) is 0 Å². The number of hydrogen-bond acceptors (Lipinski definition) is 5. The van der Waals surface area contributed by atoms with Gasteiger partial charge in [-0.25, -0.2) is 0 Å². The summed E-state index contributed by atoms with van der Waals surface area (Å²) in [5.41, 5.74) is 1.32. The second kappa shape index (κ2) is 7.04. The molecule has 1 aliphatic heterocycles. The Morgan fingerprint density at radius 3 is 2.81 bits per heavy atom. The van der Waals surface area contributed by atoms with E-state index in [9.17, 15) is 4.79 Å². The molecule has 0 radical (unpaired) electrons. The maximum atomic E-state index is 12.4. The topological polar surface area (TPSA) is 76.4 Å². The molecule has 0 unspecified atom stereocenters. The molecule has 21 heavy (non-hydrogen) atoms. The van der Waals surface area contributed by atoms with Crippen LogP contribution < -0.4 is 10.6 Å². The molecule has 0 saturated carbocycles. The van der Waals surface area contributed by atoms with Gasteiger partial charge in [-0.15, -0.1) is 0 Å². The standard InChI is InChI=1S/C15H25N3O3/c1-4-12-13(11(2)21-18-12)14(19)17-9-15(10-20-3)5-7-16-8-6-15/h16H,4-10H2,1-3H3,(H,17,19). The van der Waals surface area contributed by atoms with Gasteiger partial charge in [0.15, 0.2) is 0 Å². The lowest BCUT2D eigenvalue weighted by molar-refractivity contribution is 0.0511. The zero-order chi connectivity index (χ0) is 15.3. The van der Waals surface area contributed by atoms with Gasteiger partial charge in [-0.05, 0) is 39.3 Å². The Bertz CT molecular complexity index is 473. The molecule has 0 aromatic carbocycles. The molecule has 0 aliphatic carbocycles. The van der Waals surface area contributed by atoms with E-state index >= 15 is 0 Å². The molecule has 118 valence electrons. The summed E-state index contributed by atoms with van der Waals surface area (Å²) in [7, 11) is 1.71. The molecular weight excluding hydrogens is 270 g/mol. The molecule has 1 aromatic rings. The van der Waals surface area contributed by atoms with Crippen LogP contribution in [-0.2, 0) is 11.2 Å². The third-order valence-corrected chi connectivity index (χ3v) is 4.23. The van der Waals surface area contributed by atoms with Crippen LogP contribution in [0.3, 0.4) is 0 Å². The highest BCUT2D eigenvalue weighted by Crippen LogP contribution is 2.28. The first kappa shape index (κ1) is 16.0. The van der Waals surface area contributed by atoms with Crippen molar-refractivity contribution in [1.82, 2.24) is 15.8 Å². The Morgan fingerprint density at radius 1 is 1.48 bits per heavy atom. The van der Waals surface area contributed by atoms with Crippen LogP contribution in [0, 0.1) is 12.3 Å². The fourth-order valence-electron chi connectivity index (χ4n) is 2.94. The smallest absolute Gasteiger partial charge is 0.256 e. The number of amides is 1. The fraction of sp³-hybridized carbons (Fsp3) is 0.733. The van der Waals surface area contributed by atoms with Gasteiger partial charge in [0.1, 0.15) is 11.3 Å². The van der Waals surface area contributed by atoms with Gasteiger partial charge in [-0.1, -0.05) is 12.1 Å². The molecule has 1 saturated heterocycles. The summed E-state index contributed by atoms with van der Waals surface area (Å²) < 4.78 is 10.5. The van der Waals surface area contributed by atoms with Crippen molar-refractivity contribution in [1.29, 1.82) is 0 Å². The molecule has 0 atom stereocenters.